The molecule has 1 atom stereocenters. The number of unbranched alkanes of at least 4 members (excludes halogenated alkanes) is 3. The van der Waals surface area contributed by atoms with Gasteiger partial charge < -0.3 is 4.74 Å². The molecule has 0 N–H and O–H groups in total. The minimum atomic E-state index is -0.140. The number of ether oxygens (including phenoxy) is 1. The Labute approximate surface area is 140 Å². The molecule has 0 spiro atoms. The lowest BCUT2D eigenvalue weighted by atomic mass is 10.1. The summed E-state index contributed by atoms with van der Waals surface area (Å²) in [6.45, 7) is 7.90. The maximum absolute atomic E-state index is 4.83. The number of alkyl halides is 4. The second kappa shape index (κ2) is 14.3. The van der Waals surface area contributed by atoms with Crippen molar-refractivity contribution < 1.29 is 4.74 Å². The molecule has 0 saturated heterocycles. The lowest BCUT2D eigenvalue weighted by Crippen LogP contribution is -2.16. The maximum Gasteiger partial charge on any atom is 0.147 e. The first kappa shape index (κ1) is 21.2. The molecular formula is C12H24Br4O. The predicted octanol–water partition coefficient (Wildman–Crippen LogP) is 6.60. The number of halogens is 4. The van der Waals surface area contributed by atoms with Crippen LogP contribution in [0.4, 0.5) is 0 Å². The van der Waals surface area contributed by atoms with Crippen molar-refractivity contribution in [3.05, 3.63) is 0 Å². The van der Waals surface area contributed by atoms with E-state index in [4.69, 9.17) is 4.74 Å². The molecule has 1 nitrogen and oxygen atoms in total. The van der Waals surface area contributed by atoms with Crippen molar-refractivity contribution in [2.75, 3.05) is 13.2 Å². The minimum absolute atomic E-state index is 0.140. The summed E-state index contributed by atoms with van der Waals surface area (Å²) in [6, 6.07) is 0. The zero-order valence-electron chi connectivity index (χ0n) is 10.9. The monoisotopic (exact) mass is 500 g/mol. The van der Waals surface area contributed by atoms with Gasteiger partial charge in [-0.2, -0.15) is 0 Å². The quantitative estimate of drug-likeness (QED) is 0.281. The van der Waals surface area contributed by atoms with Gasteiger partial charge in [0.05, 0.1) is 0 Å². The highest BCUT2D eigenvalue weighted by molar-refractivity contribution is 9.40. The Morgan fingerprint density at radius 1 is 0.941 bits per heavy atom. The molecule has 0 rings (SSSR count). The third-order valence-corrected chi connectivity index (χ3v) is 6.72. The summed E-state index contributed by atoms with van der Waals surface area (Å²) in [5.74, 6) is 0. The first-order valence-corrected chi connectivity index (χ1v) is 9.48. The van der Waals surface area contributed by atoms with E-state index >= 15 is 0 Å². The predicted molar refractivity (Wildman–Crippen MR) is 93.2 cm³/mol. The van der Waals surface area contributed by atoms with Crippen LogP contribution in [-0.4, -0.2) is 20.2 Å². The average molecular weight is 504 g/mol. The summed E-state index contributed by atoms with van der Waals surface area (Å²) < 4.78 is 4.69. The Morgan fingerprint density at radius 2 is 1.47 bits per heavy atom. The highest BCUT2D eigenvalue weighted by Gasteiger charge is 2.27. The molecule has 0 aromatic rings. The van der Waals surface area contributed by atoms with Crippen LogP contribution in [0.3, 0.4) is 0 Å². The summed E-state index contributed by atoms with van der Waals surface area (Å²) in [4.78, 5) is 0.432. The third kappa shape index (κ3) is 17.9. The number of hydrogen-bond acceptors (Lipinski definition) is 1. The molecule has 0 radical (unpaired) electrons. The van der Waals surface area contributed by atoms with Crippen LogP contribution in [-0.2, 0) is 4.74 Å². The molecule has 0 aromatic heterocycles. The summed E-state index contributed by atoms with van der Waals surface area (Å²) in [5, 5.41) is 0. The fraction of sp³-hybridized carbons (Fsp3) is 1.00. The Balaban J connectivity index is 0. The van der Waals surface area contributed by atoms with Gasteiger partial charge in [0.25, 0.3) is 0 Å². The molecule has 0 aliphatic heterocycles. The van der Waals surface area contributed by atoms with E-state index in [1.54, 1.807) is 0 Å². The van der Waals surface area contributed by atoms with Crippen molar-refractivity contribution >= 4 is 63.7 Å². The molecule has 106 valence electrons. The molecule has 0 bridgehead atoms. The van der Waals surface area contributed by atoms with E-state index < -0.39 is 0 Å². The molecule has 0 aliphatic rings. The summed E-state index contributed by atoms with van der Waals surface area (Å²) in [6.07, 6.45) is 6.45. The topological polar surface area (TPSA) is 9.23 Å². The van der Waals surface area contributed by atoms with Crippen molar-refractivity contribution in [2.45, 2.75) is 59.8 Å². The fourth-order valence-electron chi connectivity index (χ4n) is 1.12. The maximum atomic E-state index is 4.83. The second-order valence-corrected chi connectivity index (χ2v) is 11.7. The molecule has 0 aliphatic carbocycles. The van der Waals surface area contributed by atoms with Gasteiger partial charge in [-0.3, -0.25) is 0 Å². The van der Waals surface area contributed by atoms with E-state index in [0.717, 1.165) is 13.2 Å². The highest BCUT2D eigenvalue weighted by Crippen LogP contribution is 2.42. The number of rotatable bonds is 7. The lowest BCUT2D eigenvalue weighted by molar-refractivity contribution is 0.162. The van der Waals surface area contributed by atoms with Crippen LogP contribution in [0.2, 0.25) is 0 Å². The molecule has 5 heteroatoms. The van der Waals surface area contributed by atoms with Crippen LogP contribution in [0.15, 0.2) is 0 Å². The van der Waals surface area contributed by atoms with Gasteiger partial charge in [0.2, 0.25) is 0 Å². The van der Waals surface area contributed by atoms with Crippen LogP contribution in [0.5, 0.6) is 0 Å². The van der Waals surface area contributed by atoms with Gasteiger partial charge in [-0.15, -0.1) is 0 Å². The summed E-state index contributed by atoms with van der Waals surface area (Å²) >= 11 is 14.1. The lowest BCUT2D eigenvalue weighted by Gasteiger charge is -2.19. The van der Waals surface area contributed by atoms with E-state index in [0.29, 0.717) is 4.83 Å². The zero-order chi connectivity index (χ0) is 13.7. The van der Waals surface area contributed by atoms with Crippen LogP contribution in [0.1, 0.15) is 52.9 Å². The van der Waals surface area contributed by atoms with Crippen LogP contribution in [0, 0.1) is 0 Å². The van der Waals surface area contributed by atoms with Crippen molar-refractivity contribution in [3.63, 3.8) is 0 Å². The third-order valence-electron chi connectivity index (χ3n) is 2.07. The Hall–Kier alpha value is 1.88. The summed E-state index contributed by atoms with van der Waals surface area (Å²) in [7, 11) is 0. The van der Waals surface area contributed by atoms with Gasteiger partial charge in [-0.25, -0.2) is 0 Å². The van der Waals surface area contributed by atoms with Gasteiger partial charge in [-0.05, 0) is 20.3 Å². The molecular weight excluding hydrogens is 480 g/mol. The van der Waals surface area contributed by atoms with E-state index in [1.165, 1.54) is 32.1 Å². The Kier molecular flexibility index (Phi) is 17.8. The van der Waals surface area contributed by atoms with Crippen molar-refractivity contribution in [1.82, 2.24) is 0 Å². The molecule has 0 amide bonds. The first-order chi connectivity index (χ1) is 7.90. The second-order valence-electron chi connectivity index (χ2n) is 3.64. The molecule has 0 saturated carbocycles. The molecule has 0 aromatic carbocycles. The van der Waals surface area contributed by atoms with E-state index in [9.17, 15) is 0 Å². The van der Waals surface area contributed by atoms with Crippen LogP contribution in [0.25, 0.3) is 0 Å². The van der Waals surface area contributed by atoms with Gasteiger partial charge in [0.15, 0.2) is 0 Å². The van der Waals surface area contributed by atoms with Crippen molar-refractivity contribution in [1.29, 1.82) is 0 Å². The number of hydrogen-bond donors (Lipinski definition) is 0. The Morgan fingerprint density at radius 3 is 1.76 bits per heavy atom. The van der Waals surface area contributed by atoms with E-state index in [-0.39, 0.29) is 2.14 Å². The standard InChI is InChI=1S/C8H14Br4.C4H10O/c1-2-3-4-5-6-7(9)8(10,11)12;1-3-5-4-2/h7H,2-6H2,1H3;3-4H2,1-2H3. The largest absolute Gasteiger partial charge is 0.382 e. The van der Waals surface area contributed by atoms with Gasteiger partial charge in [0, 0.05) is 18.0 Å². The summed E-state index contributed by atoms with van der Waals surface area (Å²) in [5.41, 5.74) is 0. The normalized spacial score (nSPS) is 12.9. The molecule has 0 fully saturated rings. The Bertz CT molecular complexity index is 146. The van der Waals surface area contributed by atoms with Crippen molar-refractivity contribution in [2.24, 2.45) is 0 Å². The molecule has 1 unspecified atom stereocenters. The zero-order valence-corrected chi connectivity index (χ0v) is 17.3. The molecule has 0 heterocycles. The smallest absolute Gasteiger partial charge is 0.147 e. The van der Waals surface area contributed by atoms with Gasteiger partial charge in [-0.1, -0.05) is 96.3 Å². The van der Waals surface area contributed by atoms with Gasteiger partial charge >= 0.3 is 0 Å². The minimum Gasteiger partial charge on any atom is -0.382 e. The van der Waals surface area contributed by atoms with E-state index in [2.05, 4.69) is 70.6 Å². The first-order valence-electron chi connectivity index (χ1n) is 6.18. The van der Waals surface area contributed by atoms with Crippen molar-refractivity contribution in [3.8, 4) is 0 Å². The SMILES string of the molecule is CCCCCCC(Br)C(Br)(Br)Br.CCOCC. The average Bonchev–Trinajstić information content (AvgIpc) is 2.25. The van der Waals surface area contributed by atoms with Gasteiger partial charge in [0.1, 0.15) is 2.14 Å². The highest BCUT2D eigenvalue weighted by atomic mass is 80.0. The van der Waals surface area contributed by atoms with Crippen LogP contribution < -0.4 is 0 Å². The fourth-order valence-corrected chi connectivity index (χ4v) is 2.13. The molecule has 17 heavy (non-hydrogen) atoms. The van der Waals surface area contributed by atoms with E-state index in [1.807, 2.05) is 13.8 Å². The van der Waals surface area contributed by atoms with Crippen LogP contribution >= 0.6 is 63.7 Å².